The van der Waals surface area contributed by atoms with Crippen LogP contribution in [0.1, 0.15) is 0 Å². The molecule has 57 heavy (non-hydrogen) atoms. The Morgan fingerprint density at radius 2 is 0.737 bits per heavy atom. The molecule has 266 valence electrons. The SMILES string of the molecule is c1ccc(-c2cc(-c3ccccc3)nc(-n3c4ccccc4c4c(-n5c6ccccc6c6ccccc65)cc(-n5c6ccccc6c6ccccc65)cc43)c2)cc1. The van der Waals surface area contributed by atoms with Gasteiger partial charge in [-0.2, -0.15) is 0 Å². The van der Waals surface area contributed by atoms with E-state index in [-0.39, 0.29) is 0 Å². The van der Waals surface area contributed by atoms with Crippen LogP contribution in [-0.2, 0) is 0 Å². The molecule has 12 aromatic rings. The van der Waals surface area contributed by atoms with Crippen LogP contribution >= 0.6 is 0 Å². The van der Waals surface area contributed by atoms with Crippen LogP contribution in [0, 0.1) is 0 Å². The predicted octanol–water partition coefficient (Wildman–Crippen LogP) is 13.7. The molecule has 0 bridgehead atoms. The molecule has 12 rings (SSSR count). The fraction of sp³-hybridized carbons (Fsp3) is 0. The summed E-state index contributed by atoms with van der Waals surface area (Å²) in [5.74, 6) is 0.869. The van der Waals surface area contributed by atoms with E-state index < -0.39 is 0 Å². The van der Waals surface area contributed by atoms with Gasteiger partial charge < -0.3 is 9.13 Å². The van der Waals surface area contributed by atoms with Gasteiger partial charge in [0.2, 0.25) is 0 Å². The number of rotatable bonds is 5. The van der Waals surface area contributed by atoms with Crippen LogP contribution in [0.5, 0.6) is 0 Å². The van der Waals surface area contributed by atoms with Crippen LogP contribution in [0.3, 0.4) is 0 Å². The molecule has 4 heteroatoms. The lowest BCUT2D eigenvalue weighted by molar-refractivity contribution is 1.08. The Kier molecular flexibility index (Phi) is 6.89. The van der Waals surface area contributed by atoms with E-state index in [2.05, 4.69) is 220 Å². The van der Waals surface area contributed by atoms with Gasteiger partial charge in [0.1, 0.15) is 5.82 Å². The maximum Gasteiger partial charge on any atom is 0.138 e. The predicted molar refractivity (Wildman–Crippen MR) is 238 cm³/mol. The molecular weight excluding hydrogens is 693 g/mol. The molecule has 0 fully saturated rings. The largest absolute Gasteiger partial charge is 0.309 e. The lowest BCUT2D eigenvalue weighted by Crippen LogP contribution is -2.03. The summed E-state index contributed by atoms with van der Waals surface area (Å²) in [6.45, 7) is 0. The maximum atomic E-state index is 5.51. The lowest BCUT2D eigenvalue weighted by Gasteiger charge is -2.17. The van der Waals surface area contributed by atoms with Crippen molar-refractivity contribution in [1.82, 2.24) is 18.7 Å². The van der Waals surface area contributed by atoms with E-state index in [0.717, 1.165) is 50.6 Å². The van der Waals surface area contributed by atoms with Crippen LogP contribution in [0.25, 0.3) is 105 Å². The van der Waals surface area contributed by atoms with Crippen molar-refractivity contribution < 1.29 is 0 Å². The second-order valence-corrected chi connectivity index (χ2v) is 14.8. The van der Waals surface area contributed by atoms with E-state index in [1.807, 2.05) is 0 Å². The Hall–Kier alpha value is -7.69. The van der Waals surface area contributed by atoms with Crippen molar-refractivity contribution in [2.45, 2.75) is 0 Å². The zero-order valence-electron chi connectivity index (χ0n) is 30.9. The summed E-state index contributed by atoms with van der Waals surface area (Å²) in [5.41, 5.74) is 13.4. The molecule has 8 aromatic carbocycles. The number of para-hydroxylation sites is 5. The molecule has 0 unspecified atom stereocenters. The van der Waals surface area contributed by atoms with Gasteiger partial charge in [0.05, 0.1) is 50.2 Å². The van der Waals surface area contributed by atoms with Crippen molar-refractivity contribution in [3.8, 4) is 39.6 Å². The van der Waals surface area contributed by atoms with E-state index in [4.69, 9.17) is 4.98 Å². The normalized spacial score (nSPS) is 11.9. The van der Waals surface area contributed by atoms with Gasteiger partial charge in [0, 0.05) is 37.9 Å². The first-order chi connectivity index (χ1) is 28.3. The lowest BCUT2D eigenvalue weighted by atomic mass is 10.0. The third-order valence-corrected chi connectivity index (χ3v) is 11.6. The smallest absolute Gasteiger partial charge is 0.138 e. The Morgan fingerprint density at radius 1 is 0.298 bits per heavy atom. The minimum Gasteiger partial charge on any atom is -0.309 e. The summed E-state index contributed by atoms with van der Waals surface area (Å²) >= 11 is 0. The summed E-state index contributed by atoms with van der Waals surface area (Å²) in [4.78, 5) is 5.51. The number of nitrogens with zero attached hydrogens (tertiary/aromatic N) is 4. The Balaban J connectivity index is 1.27. The third-order valence-electron chi connectivity index (χ3n) is 11.6. The van der Waals surface area contributed by atoms with E-state index in [9.17, 15) is 0 Å². The molecule has 4 heterocycles. The zero-order valence-corrected chi connectivity index (χ0v) is 30.9. The van der Waals surface area contributed by atoms with Gasteiger partial charge in [0.15, 0.2) is 0 Å². The summed E-state index contributed by atoms with van der Waals surface area (Å²) < 4.78 is 7.30. The van der Waals surface area contributed by atoms with Gasteiger partial charge in [-0.1, -0.05) is 152 Å². The number of benzene rings is 8. The quantitative estimate of drug-likeness (QED) is 0.174. The van der Waals surface area contributed by atoms with Crippen LogP contribution in [0.4, 0.5) is 0 Å². The van der Waals surface area contributed by atoms with Gasteiger partial charge in [-0.05, 0) is 65.7 Å². The molecule has 0 aliphatic heterocycles. The van der Waals surface area contributed by atoms with Gasteiger partial charge >= 0.3 is 0 Å². The Labute approximate surface area is 328 Å². The van der Waals surface area contributed by atoms with E-state index in [0.29, 0.717) is 0 Å². The molecule has 0 aliphatic rings. The first-order valence-corrected chi connectivity index (χ1v) is 19.5. The fourth-order valence-corrected chi connectivity index (χ4v) is 9.18. The summed E-state index contributed by atoms with van der Waals surface area (Å²) in [6.07, 6.45) is 0. The average Bonchev–Trinajstić information content (AvgIpc) is 3.92. The molecule has 0 aliphatic carbocycles. The minimum atomic E-state index is 0.869. The third kappa shape index (κ3) is 4.77. The van der Waals surface area contributed by atoms with E-state index in [1.54, 1.807) is 0 Å². The molecule has 0 N–H and O–H groups in total. The van der Waals surface area contributed by atoms with Gasteiger partial charge in [0.25, 0.3) is 0 Å². The number of fused-ring (bicyclic) bond motifs is 9. The molecule has 0 saturated heterocycles. The van der Waals surface area contributed by atoms with Crippen molar-refractivity contribution in [3.05, 3.63) is 206 Å². The van der Waals surface area contributed by atoms with Crippen molar-refractivity contribution in [2.24, 2.45) is 0 Å². The summed E-state index contributed by atoms with van der Waals surface area (Å²) in [6, 6.07) is 74.3. The molecule has 4 nitrogen and oxygen atoms in total. The Morgan fingerprint density at radius 3 is 1.28 bits per heavy atom. The zero-order chi connectivity index (χ0) is 37.5. The fourth-order valence-electron chi connectivity index (χ4n) is 9.18. The maximum absolute atomic E-state index is 5.51. The molecular formula is C53H34N4. The molecule has 0 saturated carbocycles. The first kappa shape index (κ1) is 31.6. The topological polar surface area (TPSA) is 27.7 Å². The van der Waals surface area contributed by atoms with Gasteiger partial charge in [-0.25, -0.2) is 4.98 Å². The monoisotopic (exact) mass is 726 g/mol. The molecule has 0 radical (unpaired) electrons. The van der Waals surface area contributed by atoms with Gasteiger partial charge in [-0.15, -0.1) is 0 Å². The Bertz CT molecular complexity index is 3350. The van der Waals surface area contributed by atoms with Gasteiger partial charge in [-0.3, -0.25) is 4.57 Å². The standard InChI is InChI=1S/C53H34N4/c1-3-17-35(18-4-1)37-31-44(36-19-5-2-6-20-36)54-52(32-37)57-49-30-16-11-25-43(49)53-50(56-47-28-14-9-23-41(47)42-24-10-15-29-48(42)56)33-38(34-51(53)57)55-45-26-12-7-21-39(45)40-22-8-13-27-46(40)55/h1-34H. The molecule has 0 amide bonds. The molecule has 4 aromatic heterocycles. The molecule has 0 atom stereocenters. The number of aromatic nitrogens is 4. The highest BCUT2D eigenvalue weighted by atomic mass is 15.1. The second-order valence-electron chi connectivity index (χ2n) is 14.8. The van der Waals surface area contributed by atoms with E-state index >= 15 is 0 Å². The average molecular weight is 727 g/mol. The van der Waals surface area contributed by atoms with E-state index in [1.165, 1.54) is 54.4 Å². The highest BCUT2D eigenvalue weighted by molar-refractivity contribution is 6.17. The van der Waals surface area contributed by atoms with Crippen LogP contribution < -0.4 is 0 Å². The minimum absolute atomic E-state index is 0.869. The number of hydrogen-bond donors (Lipinski definition) is 0. The number of hydrogen-bond acceptors (Lipinski definition) is 1. The van der Waals surface area contributed by atoms with Crippen molar-refractivity contribution >= 4 is 65.4 Å². The van der Waals surface area contributed by atoms with Crippen LogP contribution in [0.2, 0.25) is 0 Å². The number of pyridine rings is 1. The second kappa shape index (κ2) is 12.4. The highest BCUT2D eigenvalue weighted by Gasteiger charge is 2.23. The first-order valence-electron chi connectivity index (χ1n) is 19.5. The summed E-state index contributed by atoms with van der Waals surface area (Å²) in [5, 5.41) is 7.28. The van der Waals surface area contributed by atoms with Crippen LogP contribution in [0.15, 0.2) is 206 Å². The van der Waals surface area contributed by atoms with Crippen molar-refractivity contribution in [3.63, 3.8) is 0 Å². The highest BCUT2D eigenvalue weighted by Crippen LogP contribution is 2.43. The molecule has 0 spiro atoms. The summed E-state index contributed by atoms with van der Waals surface area (Å²) in [7, 11) is 0. The van der Waals surface area contributed by atoms with Crippen molar-refractivity contribution in [2.75, 3.05) is 0 Å². The van der Waals surface area contributed by atoms with Crippen molar-refractivity contribution in [1.29, 1.82) is 0 Å². The van der Waals surface area contributed by atoms with Crippen LogP contribution in [-0.4, -0.2) is 18.7 Å².